The van der Waals surface area contributed by atoms with Gasteiger partial charge in [-0.2, -0.15) is 13.2 Å². The molecule has 0 amide bonds. The lowest BCUT2D eigenvalue weighted by atomic mass is 10.1. The fraction of sp³-hybridized carbons (Fsp3) is 0.600. The molecule has 0 radical (unpaired) electrons. The molecule has 1 aromatic rings. The lowest BCUT2D eigenvalue weighted by Crippen LogP contribution is -2.45. The molecule has 0 aromatic heterocycles. The third-order valence-corrected chi connectivity index (χ3v) is 6.32. The van der Waals surface area contributed by atoms with Crippen molar-refractivity contribution in [2.75, 3.05) is 13.1 Å². The maximum absolute atomic E-state index is 12.9. The Labute approximate surface area is 144 Å². The fourth-order valence-corrected chi connectivity index (χ4v) is 4.55. The number of alkyl halides is 3. The quantitative estimate of drug-likeness (QED) is 0.869. The van der Waals surface area contributed by atoms with Crippen molar-refractivity contribution in [2.24, 2.45) is 0 Å². The molecule has 0 bridgehead atoms. The molecule has 1 aromatic carbocycles. The molecule has 1 saturated carbocycles. The molecule has 1 aliphatic heterocycles. The van der Waals surface area contributed by atoms with Crippen molar-refractivity contribution in [2.45, 2.75) is 48.8 Å². The van der Waals surface area contributed by atoms with E-state index in [2.05, 4.69) is 9.62 Å². The van der Waals surface area contributed by atoms with Gasteiger partial charge in [-0.1, -0.05) is 11.6 Å². The Balaban J connectivity index is 1.71. The van der Waals surface area contributed by atoms with Crippen LogP contribution in [0.2, 0.25) is 5.02 Å². The van der Waals surface area contributed by atoms with Crippen LogP contribution in [0.25, 0.3) is 0 Å². The van der Waals surface area contributed by atoms with E-state index in [1.54, 1.807) is 0 Å². The number of halogens is 4. The first-order valence-corrected chi connectivity index (χ1v) is 9.66. The zero-order valence-electron chi connectivity index (χ0n) is 12.8. The molecule has 9 heteroatoms. The van der Waals surface area contributed by atoms with E-state index in [0.29, 0.717) is 24.9 Å². The summed E-state index contributed by atoms with van der Waals surface area (Å²) in [5, 5.41) is -0.515. The average molecular weight is 383 g/mol. The summed E-state index contributed by atoms with van der Waals surface area (Å²) in [6, 6.07) is 3.03. The van der Waals surface area contributed by atoms with Gasteiger partial charge >= 0.3 is 6.18 Å². The summed E-state index contributed by atoms with van der Waals surface area (Å²) < 4.78 is 66.0. The standard InChI is InChI=1S/C15H18ClF3N2O2S/c16-14-4-3-12(9-13(14)15(17,18)19)24(22,23)20-10-5-7-21(8-6-10)11-1-2-11/h3-4,9-11,20H,1-2,5-8H2. The summed E-state index contributed by atoms with van der Waals surface area (Å²) in [7, 11) is -4.01. The molecular weight excluding hydrogens is 365 g/mol. The second-order valence-corrected chi connectivity index (χ2v) is 8.42. The summed E-state index contributed by atoms with van der Waals surface area (Å²) in [5.74, 6) is 0. The second kappa shape index (κ2) is 6.48. The molecular formula is C15H18ClF3N2O2S. The van der Waals surface area contributed by atoms with E-state index in [0.717, 1.165) is 25.2 Å². The Bertz CT molecular complexity index is 712. The van der Waals surface area contributed by atoms with Crippen molar-refractivity contribution in [1.29, 1.82) is 0 Å². The van der Waals surface area contributed by atoms with E-state index in [4.69, 9.17) is 11.6 Å². The minimum absolute atomic E-state index is 0.255. The van der Waals surface area contributed by atoms with Gasteiger partial charge in [0.05, 0.1) is 15.5 Å². The highest BCUT2D eigenvalue weighted by atomic mass is 35.5. The Morgan fingerprint density at radius 3 is 2.29 bits per heavy atom. The van der Waals surface area contributed by atoms with E-state index in [1.807, 2.05) is 0 Å². The predicted octanol–water partition coefficient (Wildman–Crippen LogP) is 3.26. The lowest BCUT2D eigenvalue weighted by molar-refractivity contribution is -0.137. The predicted molar refractivity (Wildman–Crippen MR) is 84.4 cm³/mol. The van der Waals surface area contributed by atoms with Gasteiger partial charge in [-0.3, -0.25) is 0 Å². The summed E-state index contributed by atoms with van der Waals surface area (Å²) in [4.78, 5) is 1.93. The molecule has 1 aliphatic carbocycles. The minimum atomic E-state index is -4.70. The summed E-state index contributed by atoms with van der Waals surface area (Å²) in [6.45, 7) is 1.62. The number of nitrogens with zero attached hydrogens (tertiary/aromatic N) is 1. The smallest absolute Gasteiger partial charge is 0.300 e. The first-order valence-electron chi connectivity index (χ1n) is 7.80. The number of hydrogen-bond donors (Lipinski definition) is 1. The summed E-state index contributed by atoms with van der Waals surface area (Å²) in [5.41, 5.74) is -1.14. The normalized spacial score (nSPS) is 21.2. The lowest BCUT2D eigenvalue weighted by Gasteiger charge is -2.32. The van der Waals surface area contributed by atoms with Gasteiger partial charge in [-0.25, -0.2) is 13.1 Å². The van der Waals surface area contributed by atoms with Crippen LogP contribution in [0.5, 0.6) is 0 Å². The van der Waals surface area contributed by atoms with Crippen LogP contribution in [0.4, 0.5) is 13.2 Å². The van der Waals surface area contributed by atoms with Crippen LogP contribution >= 0.6 is 11.6 Å². The molecule has 2 aliphatic rings. The van der Waals surface area contributed by atoms with Crippen LogP contribution in [0.3, 0.4) is 0 Å². The third-order valence-electron chi connectivity index (χ3n) is 4.47. The number of hydrogen-bond acceptors (Lipinski definition) is 3. The van der Waals surface area contributed by atoms with E-state index in [1.165, 1.54) is 12.8 Å². The average Bonchev–Trinajstić information content (AvgIpc) is 3.31. The van der Waals surface area contributed by atoms with E-state index >= 15 is 0 Å². The SMILES string of the molecule is O=S(=O)(NC1CCN(C2CC2)CC1)c1ccc(Cl)c(C(F)(F)F)c1. The van der Waals surface area contributed by atoms with Gasteiger partial charge in [-0.05, 0) is 57.0 Å². The molecule has 24 heavy (non-hydrogen) atoms. The van der Waals surface area contributed by atoms with Crippen LogP contribution in [0.15, 0.2) is 23.1 Å². The number of piperidine rings is 1. The Kier molecular flexibility index (Phi) is 4.85. The van der Waals surface area contributed by atoms with Crippen molar-refractivity contribution in [1.82, 2.24) is 9.62 Å². The van der Waals surface area contributed by atoms with Gasteiger partial charge < -0.3 is 4.90 Å². The molecule has 1 saturated heterocycles. The highest BCUT2D eigenvalue weighted by Gasteiger charge is 2.36. The molecule has 1 N–H and O–H groups in total. The maximum atomic E-state index is 12.9. The number of rotatable bonds is 4. The zero-order chi connectivity index (χ0) is 17.5. The van der Waals surface area contributed by atoms with Gasteiger partial charge in [0.2, 0.25) is 10.0 Å². The molecule has 2 fully saturated rings. The topological polar surface area (TPSA) is 49.4 Å². The van der Waals surface area contributed by atoms with E-state index < -0.39 is 31.7 Å². The fourth-order valence-electron chi connectivity index (χ4n) is 3.00. The summed E-state index contributed by atoms with van der Waals surface area (Å²) >= 11 is 5.53. The second-order valence-electron chi connectivity index (χ2n) is 6.30. The van der Waals surface area contributed by atoms with Crippen LogP contribution < -0.4 is 4.72 Å². The van der Waals surface area contributed by atoms with Gasteiger partial charge in [0, 0.05) is 12.1 Å². The maximum Gasteiger partial charge on any atom is 0.417 e. The number of likely N-dealkylation sites (tertiary alicyclic amines) is 1. The Morgan fingerprint density at radius 1 is 1.12 bits per heavy atom. The number of sulfonamides is 1. The first-order chi connectivity index (χ1) is 11.2. The molecule has 3 rings (SSSR count). The zero-order valence-corrected chi connectivity index (χ0v) is 14.4. The van der Waals surface area contributed by atoms with Crippen molar-refractivity contribution in [3.8, 4) is 0 Å². The highest BCUT2D eigenvalue weighted by molar-refractivity contribution is 7.89. The monoisotopic (exact) mass is 382 g/mol. The molecule has 0 unspecified atom stereocenters. The molecule has 4 nitrogen and oxygen atoms in total. The van der Waals surface area contributed by atoms with E-state index in [-0.39, 0.29) is 6.04 Å². The van der Waals surface area contributed by atoms with Gasteiger partial charge in [0.25, 0.3) is 0 Å². The molecule has 1 heterocycles. The van der Waals surface area contributed by atoms with Crippen LogP contribution in [0, 0.1) is 0 Å². The molecule has 0 spiro atoms. The minimum Gasteiger partial charge on any atom is -0.300 e. The van der Waals surface area contributed by atoms with Crippen molar-refractivity contribution >= 4 is 21.6 Å². The van der Waals surface area contributed by atoms with Crippen molar-refractivity contribution in [3.05, 3.63) is 28.8 Å². The van der Waals surface area contributed by atoms with Crippen molar-refractivity contribution < 1.29 is 21.6 Å². The largest absolute Gasteiger partial charge is 0.417 e. The van der Waals surface area contributed by atoms with Crippen molar-refractivity contribution in [3.63, 3.8) is 0 Å². The highest BCUT2D eigenvalue weighted by Crippen LogP contribution is 2.36. The van der Waals surface area contributed by atoms with Gasteiger partial charge in [0.1, 0.15) is 0 Å². The Morgan fingerprint density at radius 2 is 1.75 bits per heavy atom. The summed E-state index contributed by atoms with van der Waals surface area (Å²) in [6.07, 6.45) is -0.980. The van der Waals surface area contributed by atoms with Crippen LogP contribution in [-0.4, -0.2) is 38.5 Å². The third kappa shape index (κ3) is 4.04. The molecule has 0 atom stereocenters. The van der Waals surface area contributed by atoms with Gasteiger partial charge in [0.15, 0.2) is 0 Å². The Hall–Kier alpha value is -0.830. The van der Waals surface area contributed by atoms with Crippen LogP contribution in [-0.2, 0) is 16.2 Å². The number of benzene rings is 1. The number of nitrogens with one attached hydrogen (secondary N) is 1. The van der Waals surface area contributed by atoms with Gasteiger partial charge in [-0.15, -0.1) is 0 Å². The van der Waals surface area contributed by atoms with E-state index in [9.17, 15) is 21.6 Å². The van der Waals surface area contributed by atoms with Crippen LogP contribution in [0.1, 0.15) is 31.2 Å². The first kappa shape index (κ1) is 18.0. The molecule has 134 valence electrons.